The van der Waals surface area contributed by atoms with Gasteiger partial charge in [-0.2, -0.15) is 0 Å². The minimum absolute atomic E-state index is 0.291. The number of hydrogen-bond donors (Lipinski definition) is 1. The minimum atomic E-state index is -0.492. The number of ether oxygens (including phenoxy) is 2. The first-order chi connectivity index (χ1) is 10.3. The maximum Gasteiger partial charge on any atom is 0.185 e. The predicted octanol–water partition coefficient (Wildman–Crippen LogP) is 3.48. The summed E-state index contributed by atoms with van der Waals surface area (Å²) in [4.78, 5) is 1.98. The molecule has 1 saturated heterocycles. The third kappa shape index (κ3) is 3.27. The van der Waals surface area contributed by atoms with Gasteiger partial charge in [-0.05, 0) is 29.8 Å². The summed E-state index contributed by atoms with van der Waals surface area (Å²) in [6, 6.07) is 12.6. The summed E-state index contributed by atoms with van der Waals surface area (Å²) in [7, 11) is 0. The normalized spacial score (nSPS) is 15.5. The Bertz CT molecular complexity index is 629. The summed E-state index contributed by atoms with van der Waals surface area (Å²) in [6.45, 7) is 1.53. The molecule has 0 spiro atoms. The lowest BCUT2D eigenvalue weighted by molar-refractivity contribution is -0.0462. The van der Waals surface area contributed by atoms with E-state index in [0.717, 1.165) is 20.9 Å². The fraction of sp³-hybridized carbons (Fsp3) is 0.250. The van der Waals surface area contributed by atoms with Crippen LogP contribution >= 0.6 is 11.8 Å². The smallest absolute Gasteiger partial charge is 0.185 e. The fourth-order valence-electron chi connectivity index (χ4n) is 2.22. The van der Waals surface area contributed by atoms with Gasteiger partial charge in [0, 0.05) is 21.9 Å². The van der Waals surface area contributed by atoms with E-state index < -0.39 is 6.29 Å². The lowest BCUT2D eigenvalue weighted by Crippen LogP contribution is -2.02. The van der Waals surface area contributed by atoms with Crippen molar-refractivity contribution in [3.63, 3.8) is 0 Å². The summed E-state index contributed by atoms with van der Waals surface area (Å²) in [6.07, 6.45) is -0.492. The van der Waals surface area contributed by atoms with Crippen LogP contribution in [-0.4, -0.2) is 13.2 Å². The second-order valence-electron chi connectivity index (χ2n) is 4.67. The van der Waals surface area contributed by atoms with Crippen molar-refractivity contribution in [2.45, 2.75) is 22.6 Å². The van der Waals surface area contributed by atoms with Crippen LogP contribution in [-0.2, 0) is 16.0 Å². The predicted molar refractivity (Wildman–Crippen MR) is 79.5 cm³/mol. The van der Waals surface area contributed by atoms with Gasteiger partial charge in [0.15, 0.2) is 6.29 Å². The van der Waals surface area contributed by atoms with Crippen LogP contribution in [0.2, 0.25) is 0 Å². The van der Waals surface area contributed by atoms with Gasteiger partial charge in [-0.3, -0.25) is 0 Å². The zero-order valence-electron chi connectivity index (χ0n) is 11.4. The van der Waals surface area contributed by atoms with E-state index in [-0.39, 0.29) is 5.82 Å². The van der Waals surface area contributed by atoms with Gasteiger partial charge in [-0.15, -0.1) is 0 Å². The van der Waals surface area contributed by atoms with E-state index in [1.165, 1.54) is 12.1 Å². The first kappa shape index (κ1) is 14.5. The molecule has 21 heavy (non-hydrogen) atoms. The molecular weight excluding hydrogens is 289 g/mol. The number of hydrogen-bond acceptors (Lipinski definition) is 4. The minimum Gasteiger partial charge on any atom is -0.346 e. The molecule has 2 aromatic rings. The summed E-state index contributed by atoms with van der Waals surface area (Å²) in [5.41, 5.74) is 7.55. The van der Waals surface area contributed by atoms with Crippen LogP contribution in [0.5, 0.6) is 0 Å². The molecule has 1 fully saturated rings. The standard InChI is InChI=1S/C16H16FNO2S/c17-12-5-6-15(13(9-12)16-19-7-8-20-16)21-14-4-2-1-3-11(14)10-18/h1-6,9,16H,7-8,10,18H2. The van der Waals surface area contributed by atoms with Crippen molar-refractivity contribution in [1.29, 1.82) is 0 Å². The zero-order valence-corrected chi connectivity index (χ0v) is 12.2. The Balaban J connectivity index is 1.94. The molecule has 0 aromatic heterocycles. The summed E-state index contributed by atoms with van der Waals surface area (Å²) < 4.78 is 24.5. The van der Waals surface area contributed by atoms with E-state index in [2.05, 4.69) is 0 Å². The molecule has 1 heterocycles. The van der Waals surface area contributed by atoms with Crippen LogP contribution < -0.4 is 5.73 Å². The van der Waals surface area contributed by atoms with Crippen LogP contribution in [0, 0.1) is 5.82 Å². The summed E-state index contributed by atoms with van der Waals surface area (Å²) >= 11 is 1.55. The molecule has 5 heteroatoms. The van der Waals surface area contributed by atoms with Crippen molar-refractivity contribution in [3.8, 4) is 0 Å². The lowest BCUT2D eigenvalue weighted by Gasteiger charge is -2.15. The Labute approximate surface area is 127 Å². The molecular formula is C16H16FNO2S. The second kappa shape index (κ2) is 6.58. The molecule has 2 N–H and O–H groups in total. The van der Waals surface area contributed by atoms with Crippen LogP contribution in [0.15, 0.2) is 52.3 Å². The van der Waals surface area contributed by atoms with Crippen molar-refractivity contribution in [2.24, 2.45) is 5.73 Å². The van der Waals surface area contributed by atoms with E-state index in [4.69, 9.17) is 15.2 Å². The van der Waals surface area contributed by atoms with Gasteiger partial charge in [0.25, 0.3) is 0 Å². The molecule has 0 saturated carbocycles. The maximum absolute atomic E-state index is 13.5. The molecule has 110 valence electrons. The Hall–Kier alpha value is -1.40. The molecule has 0 radical (unpaired) electrons. The number of halogens is 1. The average molecular weight is 305 g/mol. The largest absolute Gasteiger partial charge is 0.346 e. The molecule has 3 nitrogen and oxygen atoms in total. The van der Waals surface area contributed by atoms with Crippen LogP contribution in [0.1, 0.15) is 17.4 Å². The first-order valence-corrected chi connectivity index (χ1v) is 7.58. The fourth-order valence-corrected chi connectivity index (χ4v) is 3.30. The summed E-state index contributed by atoms with van der Waals surface area (Å²) in [5.74, 6) is -0.291. The first-order valence-electron chi connectivity index (χ1n) is 6.76. The van der Waals surface area contributed by atoms with Crippen LogP contribution in [0.3, 0.4) is 0 Å². The Kier molecular flexibility index (Phi) is 4.55. The molecule has 0 amide bonds. The number of rotatable bonds is 4. The van der Waals surface area contributed by atoms with E-state index in [1.54, 1.807) is 17.8 Å². The van der Waals surface area contributed by atoms with Gasteiger partial charge >= 0.3 is 0 Å². The molecule has 0 aliphatic carbocycles. The number of benzene rings is 2. The van der Waals surface area contributed by atoms with Crippen molar-refractivity contribution in [2.75, 3.05) is 13.2 Å². The van der Waals surface area contributed by atoms with Crippen molar-refractivity contribution in [3.05, 3.63) is 59.4 Å². The van der Waals surface area contributed by atoms with Gasteiger partial charge in [-0.1, -0.05) is 30.0 Å². The Morgan fingerprint density at radius 2 is 1.86 bits per heavy atom. The van der Waals surface area contributed by atoms with Gasteiger partial charge in [0.05, 0.1) is 13.2 Å². The van der Waals surface area contributed by atoms with Gasteiger partial charge < -0.3 is 15.2 Å². The lowest BCUT2D eigenvalue weighted by atomic mass is 10.2. The Morgan fingerprint density at radius 1 is 1.10 bits per heavy atom. The Morgan fingerprint density at radius 3 is 2.62 bits per heavy atom. The van der Waals surface area contributed by atoms with Gasteiger partial charge in [-0.25, -0.2) is 4.39 Å². The van der Waals surface area contributed by atoms with E-state index in [9.17, 15) is 4.39 Å². The highest BCUT2D eigenvalue weighted by atomic mass is 32.2. The highest BCUT2D eigenvalue weighted by Gasteiger charge is 2.22. The van der Waals surface area contributed by atoms with Crippen molar-refractivity contribution in [1.82, 2.24) is 0 Å². The zero-order chi connectivity index (χ0) is 14.7. The summed E-state index contributed by atoms with van der Waals surface area (Å²) in [5, 5.41) is 0. The number of nitrogens with two attached hydrogens (primary N) is 1. The molecule has 2 aromatic carbocycles. The van der Waals surface area contributed by atoms with Gasteiger partial charge in [0.2, 0.25) is 0 Å². The third-order valence-electron chi connectivity index (χ3n) is 3.26. The highest BCUT2D eigenvalue weighted by Crippen LogP contribution is 2.37. The molecule has 0 unspecified atom stereocenters. The van der Waals surface area contributed by atoms with Crippen LogP contribution in [0.25, 0.3) is 0 Å². The van der Waals surface area contributed by atoms with Crippen molar-refractivity contribution >= 4 is 11.8 Å². The monoisotopic (exact) mass is 305 g/mol. The molecule has 3 rings (SSSR count). The molecule has 0 bridgehead atoms. The quantitative estimate of drug-likeness (QED) is 0.939. The third-order valence-corrected chi connectivity index (χ3v) is 4.47. The topological polar surface area (TPSA) is 44.5 Å². The van der Waals surface area contributed by atoms with E-state index in [0.29, 0.717) is 19.8 Å². The van der Waals surface area contributed by atoms with Crippen molar-refractivity contribution < 1.29 is 13.9 Å². The van der Waals surface area contributed by atoms with E-state index >= 15 is 0 Å². The average Bonchev–Trinajstić information content (AvgIpc) is 3.04. The molecule has 1 aliphatic rings. The van der Waals surface area contributed by atoms with Crippen LogP contribution in [0.4, 0.5) is 4.39 Å². The SMILES string of the molecule is NCc1ccccc1Sc1ccc(F)cc1C1OCCO1. The highest BCUT2D eigenvalue weighted by molar-refractivity contribution is 7.99. The molecule has 1 aliphatic heterocycles. The second-order valence-corrected chi connectivity index (χ2v) is 5.75. The maximum atomic E-state index is 13.5. The molecule has 0 atom stereocenters. The van der Waals surface area contributed by atoms with E-state index in [1.807, 2.05) is 24.3 Å². The van der Waals surface area contributed by atoms with Gasteiger partial charge in [0.1, 0.15) is 5.82 Å².